The molecule has 1 heterocycles. The highest BCUT2D eigenvalue weighted by molar-refractivity contribution is 7.89. The van der Waals surface area contributed by atoms with Crippen molar-refractivity contribution in [3.8, 4) is 5.75 Å². The molecule has 1 aliphatic heterocycles. The van der Waals surface area contributed by atoms with Gasteiger partial charge in [0.2, 0.25) is 10.0 Å². The Morgan fingerprint density at radius 1 is 1.26 bits per heavy atom. The molecule has 1 aliphatic rings. The SMILES string of the molecule is COc1ccc(S(=O)(=O)N2CCC[C@H]2CNC(=O)c2cccc(F)c2)cc1. The molecule has 1 amide bonds. The van der Waals surface area contributed by atoms with Crippen LogP contribution in [0.2, 0.25) is 0 Å². The first kappa shape index (κ1) is 19.3. The van der Waals surface area contributed by atoms with E-state index in [9.17, 15) is 17.6 Å². The summed E-state index contributed by atoms with van der Waals surface area (Å²) in [5.41, 5.74) is 0.206. The van der Waals surface area contributed by atoms with Crippen LogP contribution < -0.4 is 10.1 Å². The van der Waals surface area contributed by atoms with E-state index in [1.807, 2.05) is 0 Å². The summed E-state index contributed by atoms with van der Waals surface area (Å²) in [7, 11) is -2.15. The van der Waals surface area contributed by atoms with E-state index in [0.717, 1.165) is 12.5 Å². The van der Waals surface area contributed by atoms with Gasteiger partial charge in [0.05, 0.1) is 12.0 Å². The number of nitrogens with one attached hydrogen (secondary N) is 1. The summed E-state index contributed by atoms with van der Waals surface area (Å²) in [6, 6.07) is 11.3. The fourth-order valence-electron chi connectivity index (χ4n) is 3.16. The fourth-order valence-corrected chi connectivity index (χ4v) is 4.85. The van der Waals surface area contributed by atoms with Crippen molar-refractivity contribution in [2.45, 2.75) is 23.8 Å². The maximum atomic E-state index is 13.3. The first-order valence-corrected chi connectivity index (χ1v) is 10.1. The lowest BCUT2D eigenvalue weighted by Crippen LogP contribution is -2.43. The van der Waals surface area contributed by atoms with E-state index < -0.39 is 21.7 Å². The molecule has 27 heavy (non-hydrogen) atoms. The normalized spacial score (nSPS) is 17.6. The van der Waals surface area contributed by atoms with Crippen molar-refractivity contribution in [1.82, 2.24) is 9.62 Å². The fraction of sp³-hybridized carbons (Fsp3) is 0.316. The lowest BCUT2D eigenvalue weighted by Gasteiger charge is -2.24. The minimum Gasteiger partial charge on any atom is -0.497 e. The largest absolute Gasteiger partial charge is 0.497 e. The molecule has 1 N–H and O–H groups in total. The number of halogens is 1. The van der Waals surface area contributed by atoms with Crippen molar-refractivity contribution < 1.29 is 22.3 Å². The maximum Gasteiger partial charge on any atom is 0.251 e. The highest BCUT2D eigenvalue weighted by atomic mass is 32.2. The second-order valence-corrected chi connectivity index (χ2v) is 8.20. The average molecular weight is 392 g/mol. The molecule has 0 unspecified atom stereocenters. The summed E-state index contributed by atoms with van der Waals surface area (Å²) in [6.45, 7) is 0.569. The van der Waals surface area contributed by atoms with Gasteiger partial charge in [-0.1, -0.05) is 6.07 Å². The van der Waals surface area contributed by atoms with Crippen molar-refractivity contribution in [3.05, 3.63) is 59.9 Å². The Balaban J connectivity index is 1.70. The number of methoxy groups -OCH3 is 1. The molecule has 144 valence electrons. The Bertz CT molecular complexity index is 916. The van der Waals surface area contributed by atoms with Gasteiger partial charge in [-0.25, -0.2) is 12.8 Å². The number of hydrogen-bond acceptors (Lipinski definition) is 4. The number of carbonyl (C=O) groups is 1. The predicted molar refractivity (Wildman–Crippen MR) is 98.6 cm³/mol. The van der Waals surface area contributed by atoms with Gasteiger partial charge < -0.3 is 10.1 Å². The molecule has 3 rings (SSSR count). The van der Waals surface area contributed by atoms with Gasteiger partial charge in [0.15, 0.2) is 0 Å². The van der Waals surface area contributed by atoms with E-state index in [4.69, 9.17) is 4.74 Å². The molecule has 2 aromatic carbocycles. The summed E-state index contributed by atoms with van der Waals surface area (Å²) >= 11 is 0. The number of amides is 1. The van der Waals surface area contributed by atoms with Gasteiger partial charge in [-0.15, -0.1) is 0 Å². The zero-order chi connectivity index (χ0) is 19.4. The van der Waals surface area contributed by atoms with Crippen LogP contribution in [0.1, 0.15) is 23.2 Å². The first-order valence-electron chi connectivity index (χ1n) is 8.61. The Hall–Kier alpha value is -2.45. The van der Waals surface area contributed by atoms with Gasteiger partial charge in [0.1, 0.15) is 11.6 Å². The summed E-state index contributed by atoms with van der Waals surface area (Å²) in [5, 5.41) is 2.71. The molecule has 2 aromatic rings. The molecule has 0 radical (unpaired) electrons. The second-order valence-electron chi connectivity index (χ2n) is 6.31. The van der Waals surface area contributed by atoms with Crippen molar-refractivity contribution in [2.24, 2.45) is 0 Å². The van der Waals surface area contributed by atoms with Crippen molar-refractivity contribution in [2.75, 3.05) is 20.2 Å². The van der Waals surface area contributed by atoms with Gasteiger partial charge >= 0.3 is 0 Å². The highest BCUT2D eigenvalue weighted by Crippen LogP contribution is 2.27. The average Bonchev–Trinajstić information content (AvgIpc) is 3.15. The second kappa shape index (κ2) is 8.06. The Morgan fingerprint density at radius 3 is 2.67 bits per heavy atom. The minimum atomic E-state index is -3.67. The van der Waals surface area contributed by atoms with E-state index in [1.165, 1.54) is 41.7 Å². The zero-order valence-corrected chi connectivity index (χ0v) is 15.7. The summed E-state index contributed by atoms with van der Waals surface area (Å²) in [6.07, 6.45) is 1.37. The van der Waals surface area contributed by atoms with Crippen molar-refractivity contribution in [3.63, 3.8) is 0 Å². The maximum absolute atomic E-state index is 13.3. The lowest BCUT2D eigenvalue weighted by molar-refractivity contribution is 0.0946. The van der Waals surface area contributed by atoms with E-state index in [0.29, 0.717) is 18.7 Å². The van der Waals surface area contributed by atoms with Gasteiger partial charge in [-0.05, 0) is 55.3 Å². The number of benzene rings is 2. The van der Waals surface area contributed by atoms with Crippen molar-refractivity contribution >= 4 is 15.9 Å². The zero-order valence-electron chi connectivity index (χ0n) is 14.9. The number of ether oxygens (including phenoxy) is 1. The van der Waals surface area contributed by atoms with Crippen LogP contribution in [0.4, 0.5) is 4.39 Å². The van der Waals surface area contributed by atoms with E-state index in [-0.39, 0.29) is 23.0 Å². The van der Waals surface area contributed by atoms with E-state index in [2.05, 4.69) is 5.32 Å². The molecule has 8 heteroatoms. The van der Waals surface area contributed by atoms with Crippen LogP contribution in [0.25, 0.3) is 0 Å². The molecular weight excluding hydrogens is 371 g/mol. The standard InChI is InChI=1S/C19H21FN2O4S/c1-26-17-7-9-18(10-8-17)27(24,25)22-11-3-6-16(22)13-21-19(23)14-4-2-5-15(20)12-14/h2,4-5,7-10,12,16H,3,6,11,13H2,1H3,(H,21,23)/t16-/m0/s1. The number of rotatable bonds is 6. The Morgan fingerprint density at radius 2 is 2.00 bits per heavy atom. The third kappa shape index (κ3) is 4.28. The molecule has 0 bridgehead atoms. The molecule has 1 atom stereocenters. The molecule has 1 saturated heterocycles. The molecule has 0 saturated carbocycles. The van der Waals surface area contributed by atoms with Crippen LogP contribution in [0.3, 0.4) is 0 Å². The predicted octanol–water partition coefficient (Wildman–Crippen LogP) is 2.42. The van der Waals surface area contributed by atoms with Gasteiger partial charge in [-0.2, -0.15) is 4.31 Å². The molecule has 1 fully saturated rings. The number of carbonyl (C=O) groups excluding carboxylic acids is 1. The highest BCUT2D eigenvalue weighted by Gasteiger charge is 2.35. The van der Waals surface area contributed by atoms with Crippen LogP contribution in [-0.2, 0) is 10.0 Å². The van der Waals surface area contributed by atoms with Gasteiger partial charge in [-0.3, -0.25) is 4.79 Å². The topological polar surface area (TPSA) is 75.7 Å². The van der Waals surface area contributed by atoms with Crippen LogP contribution in [0.15, 0.2) is 53.4 Å². The van der Waals surface area contributed by atoms with E-state index >= 15 is 0 Å². The molecule has 0 spiro atoms. The Kier molecular flexibility index (Phi) is 5.76. The van der Waals surface area contributed by atoms with Gasteiger partial charge in [0.25, 0.3) is 5.91 Å². The summed E-state index contributed by atoms with van der Waals surface area (Å²) in [4.78, 5) is 12.4. The lowest BCUT2D eigenvalue weighted by atomic mass is 10.2. The summed E-state index contributed by atoms with van der Waals surface area (Å²) in [5.74, 6) is -0.343. The minimum absolute atomic E-state index is 0.171. The molecular formula is C19H21FN2O4S. The monoisotopic (exact) mass is 392 g/mol. The Labute approximate surface area is 158 Å². The summed E-state index contributed by atoms with van der Waals surface area (Å²) < 4.78 is 45.6. The first-order chi connectivity index (χ1) is 12.9. The van der Waals surface area contributed by atoms with Crippen LogP contribution in [0, 0.1) is 5.82 Å². The molecule has 0 aliphatic carbocycles. The van der Waals surface area contributed by atoms with Crippen molar-refractivity contribution in [1.29, 1.82) is 0 Å². The van der Waals surface area contributed by atoms with Gasteiger partial charge in [0, 0.05) is 24.7 Å². The van der Waals surface area contributed by atoms with E-state index in [1.54, 1.807) is 12.1 Å². The third-order valence-electron chi connectivity index (χ3n) is 4.57. The van der Waals surface area contributed by atoms with Crippen LogP contribution in [0.5, 0.6) is 5.75 Å². The quantitative estimate of drug-likeness (QED) is 0.819. The third-order valence-corrected chi connectivity index (χ3v) is 6.54. The van der Waals surface area contributed by atoms with Crippen LogP contribution in [-0.4, -0.2) is 44.9 Å². The number of nitrogens with zero attached hydrogens (tertiary/aromatic N) is 1. The smallest absolute Gasteiger partial charge is 0.251 e. The number of sulfonamides is 1. The molecule has 0 aromatic heterocycles. The number of hydrogen-bond donors (Lipinski definition) is 1. The van der Waals surface area contributed by atoms with Crippen LogP contribution >= 0.6 is 0 Å². The molecule has 6 nitrogen and oxygen atoms in total.